The van der Waals surface area contributed by atoms with Gasteiger partial charge in [0.1, 0.15) is 0 Å². The Balaban J connectivity index is 2.83. The van der Waals surface area contributed by atoms with Gasteiger partial charge in [-0.2, -0.15) is 11.8 Å². The fraction of sp³-hybridized carbons (Fsp3) is 0.909. The Morgan fingerprint density at radius 1 is 1.47 bits per heavy atom. The highest BCUT2D eigenvalue weighted by molar-refractivity contribution is 7.99. The second-order valence-electron chi connectivity index (χ2n) is 4.36. The van der Waals surface area contributed by atoms with Gasteiger partial charge in [-0.25, -0.2) is 4.79 Å². The molecule has 0 aliphatic carbocycles. The zero-order valence-electron chi connectivity index (χ0n) is 9.66. The van der Waals surface area contributed by atoms with Crippen molar-refractivity contribution < 1.29 is 14.6 Å². The Morgan fingerprint density at radius 2 is 2.00 bits per heavy atom. The van der Waals surface area contributed by atoms with Gasteiger partial charge in [0.25, 0.3) is 0 Å². The van der Waals surface area contributed by atoms with Gasteiger partial charge in [0.15, 0.2) is 5.60 Å². The summed E-state index contributed by atoms with van der Waals surface area (Å²) in [6.45, 7) is 3.75. The molecular formula is C11H20O3S. The SMILES string of the molecule is COC(=O)C(O)(C(C)C)C1CCSCC1. The Hall–Kier alpha value is -0.220. The second-order valence-corrected chi connectivity index (χ2v) is 5.58. The monoisotopic (exact) mass is 232 g/mol. The largest absolute Gasteiger partial charge is 0.467 e. The van der Waals surface area contributed by atoms with Gasteiger partial charge in [-0.3, -0.25) is 0 Å². The first-order valence-electron chi connectivity index (χ1n) is 5.42. The molecule has 1 unspecified atom stereocenters. The third kappa shape index (κ3) is 2.48. The first-order valence-corrected chi connectivity index (χ1v) is 6.57. The van der Waals surface area contributed by atoms with Crippen LogP contribution in [0.25, 0.3) is 0 Å². The van der Waals surface area contributed by atoms with E-state index in [1.807, 2.05) is 25.6 Å². The molecule has 15 heavy (non-hydrogen) atoms. The minimum atomic E-state index is -1.30. The maximum atomic E-state index is 11.7. The summed E-state index contributed by atoms with van der Waals surface area (Å²) in [7, 11) is 1.34. The van der Waals surface area contributed by atoms with Crippen molar-refractivity contribution in [3.63, 3.8) is 0 Å². The van der Waals surface area contributed by atoms with Gasteiger partial charge in [0, 0.05) is 5.92 Å². The summed E-state index contributed by atoms with van der Waals surface area (Å²) in [5.41, 5.74) is -1.30. The van der Waals surface area contributed by atoms with Crippen LogP contribution in [0.3, 0.4) is 0 Å². The minimum Gasteiger partial charge on any atom is -0.467 e. The number of rotatable bonds is 3. The lowest BCUT2D eigenvalue weighted by molar-refractivity contribution is -0.176. The van der Waals surface area contributed by atoms with Gasteiger partial charge in [0.2, 0.25) is 0 Å². The van der Waals surface area contributed by atoms with E-state index in [-0.39, 0.29) is 11.8 Å². The topological polar surface area (TPSA) is 46.5 Å². The van der Waals surface area contributed by atoms with Crippen LogP contribution < -0.4 is 0 Å². The molecule has 0 amide bonds. The first kappa shape index (κ1) is 12.8. The van der Waals surface area contributed by atoms with Gasteiger partial charge in [0.05, 0.1) is 7.11 Å². The van der Waals surface area contributed by atoms with Crippen LogP contribution >= 0.6 is 11.8 Å². The maximum Gasteiger partial charge on any atom is 0.338 e. The summed E-state index contributed by atoms with van der Waals surface area (Å²) < 4.78 is 4.73. The van der Waals surface area contributed by atoms with Crippen LogP contribution in [0.2, 0.25) is 0 Å². The smallest absolute Gasteiger partial charge is 0.338 e. The molecule has 1 heterocycles. The number of thioether (sulfide) groups is 1. The third-order valence-corrected chi connectivity index (χ3v) is 4.29. The van der Waals surface area contributed by atoms with Crippen LogP contribution in [0.4, 0.5) is 0 Å². The number of carbonyl (C=O) groups is 1. The molecule has 0 aromatic heterocycles. The van der Waals surface area contributed by atoms with Crippen LogP contribution in [0.5, 0.6) is 0 Å². The van der Waals surface area contributed by atoms with E-state index in [0.29, 0.717) is 0 Å². The number of methoxy groups -OCH3 is 1. The van der Waals surface area contributed by atoms with E-state index >= 15 is 0 Å². The van der Waals surface area contributed by atoms with E-state index in [9.17, 15) is 9.90 Å². The van der Waals surface area contributed by atoms with Crippen LogP contribution in [-0.4, -0.2) is 35.3 Å². The van der Waals surface area contributed by atoms with Crippen molar-refractivity contribution in [3.8, 4) is 0 Å². The second kappa shape index (κ2) is 5.21. The molecule has 1 fully saturated rings. The Morgan fingerprint density at radius 3 is 2.40 bits per heavy atom. The quantitative estimate of drug-likeness (QED) is 0.752. The number of ether oxygens (including phenoxy) is 1. The van der Waals surface area contributed by atoms with Gasteiger partial charge < -0.3 is 9.84 Å². The van der Waals surface area contributed by atoms with E-state index in [4.69, 9.17) is 4.74 Å². The molecule has 0 saturated carbocycles. The molecular weight excluding hydrogens is 212 g/mol. The standard InChI is InChI=1S/C11H20O3S/c1-8(2)11(13,10(12)14-3)9-4-6-15-7-5-9/h8-9,13H,4-7H2,1-3H3. The van der Waals surface area contributed by atoms with Crippen molar-refractivity contribution in [2.45, 2.75) is 32.3 Å². The predicted octanol–water partition coefficient (Wildman–Crippen LogP) is 1.69. The first-order chi connectivity index (χ1) is 7.03. The van der Waals surface area contributed by atoms with Crippen molar-refractivity contribution in [3.05, 3.63) is 0 Å². The Bertz CT molecular complexity index is 224. The van der Waals surface area contributed by atoms with E-state index in [0.717, 1.165) is 24.3 Å². The molecule has 1 aliphatic heterocycles. The van der Waals surface area contributed by atoms with Gasteiger partial charge in [-0.1, -0.05) is 13.8 Å². The molecule has 1 rings (SSSR count). The van der Waals surface area contributed by atoms with Crippen molar-refractivity contribution in [1.29, 1.82) is 0 Å². The number of hydrogen-bond donors (Lipinski definition) is 1. The van der Waals surface area contributed by atoms with E-state index < -0.39 is 11.6 Å². The molecule has 1 aliphatic rings. The van der Waals surface area contributed by atoms with Crippen LogP contribution in [0, 0.1) is 11.8 Å². The average Bonchev–Trinajstić information content (AvgIpc) is 2.27. The molecule has 4 heteroatoms. The highest BCUT2D eigenvalue weighted by atomic mass is 32.2. The number of hydrogen-bond acceptors (Lipinski definition) is 4. The molecule has 0 spiro atoms. The lowest BCUT2D eigenvalue weighted by atomic mass is 9.75. The summed E-state index contributed by atoms with van der Waals surface area (Å²) >= 11 is 1.88. The number of aliphatic hydroxyl groups is 1. The van der Waals surface area contributed by atoms with Gasteiger partial charge >= 0.3 is 5.97 Å². The molecule has 88 valence electrons. The zero-order chi connectivity index (χ0) is 11.5. The van der Waals surface area contributed by atoms with E-state index in [2.05, 4.69) is 0 Å². The summed E-state index contributed by atoms with van der Waals surface area (Å²) in [6.07, 6.45) is 1.79. The Kier molecular flexibility index (Phi) is 4.46. The highest BCUT2D eigenvalue weighted by Gasteiger charge is 2.47. The lowest BCUT2D eigenvalue weighted by Crippen LogP contribution is -2.52. The molecule has 0 bridgehead atoms. The summed E-state index contributed by atoms with van der Waals surface area (Å²) in [5.74, 6) is 1.52. The van der Waals surface area contributed by atoms with E-state index in [1.165, 1.54) is 7.11 Å². The van der Waals surface area contributed by atoms with Crippen LogP contribution in [0.1, 0.15) is 26.7 Å². The molecule has 1 saturated heterocycles. The molecule has 0 aromatic rings. The molecule has 0 radical (unpaired) electrons. The molecule has 1 N–H and O–H groups in total. The van der Waals surface area contributed by atoms with Crippen molar-refractivity contribution in [1.82, 2.24) is 0 Å². The average molecular weight is 232 g/mol. The number of carbonyl (C=O) groups excluding carboxylic acids is 1. The van der Waals surface area contributed by atoms with Crippen LogP contribution in [0.15, 0.2) is 0 Å². The fourth-order valence-corrected chi connectivity index (χ4v) is 3.28. The predicted molar refractivity (Wildman–Crippen MR) is 61.9 cm³/mol. The molecule has 3 nitrogen and oxygen atoms in total. The summed E-state index contributed by atoms with van der Waals surface area (Å²) in [6, 6.07) is 0. The third-order valence-electron chi connectivity index (χ3n) is 3.24. The fourth-order valence-electron chi connectivity index (χ4n) is 2.17. The van der Waals surface area contributed by atoms with Gasteiger partial charge in [-0.15, -0.1) is 0 Å². The van der Waals surface area contributed by atoms with E-state index in [1.54, 1.807) is 0 Å². The lowest BCUT2D eigenvalue weighted by Gasteiger charge is -2.38. The van der Waals surface area contributed by atoms with Crippen molar-refractivity contribution in [2.75, 3.05) is 18.6 Å². The zero-order valence-corrected chi connectivity index (χ0v) is 10.5. The number of esters is 1. The summed E-state index contributed by atoms with van der Waals surface area (Å²) in [5, 5.41) is 10.5. The van der Waals surface area contributed by atoms with Crippen LogP contribution in [-0.2, 0) is 9.53 Å². The van der Waals surface area contributed by atoms with Gasteiger partial charge in [-0.05, 0) is 30.3 Å². The normalized spacial score (nSPS) is 22.5. The van der Waals surface area contributed by atoms with Crippen molar-refractivity contribution >= 4 is 17.7 Å². The maximum absolute atomic E-state index is 11.7. The van der Waals surface area contributed by atoms with Crippen molar-refractivity contribution in [2.24, 2.45) is 11.8 Å². The summed E-state index contributed by atoms with van der Waals surface area (Å²) in [4.78, 5) is 11.7. The molecule has 1 atom stereocenters. The Labute approximate surface area is 95.6 Å². The minimum absolute atomic E-state index is 0.0474. The highest BCUT2D eigenvalue weighted by Crippen LogP contribution is 2.37. The molecule has 0 aromatic carbocycles.